The molecule has 2 rings (SSSR count). The summed E-state index contributed by atoms with van der Waals surface area (Å²) < 4.78 is 0. The van der Waals surface area contributed by atoms with Gasteiger partial charge >= 0.3 is 12.0 Å². The molecular weight excluding hydrogens is 274 g/mol. The number of aromatic hydroxyl groups is 1. The first-order valence-corrected chi connectivity index (χ1v) is 6.01. The minimum Gasteiger partial charge on any atom is -0.508 e. The van der Waals surface area contributed by atoms with Crippen LogP contribution in [0.2, 0.25) is 0 Å². The Hall–Kier alpha value is -3.09. The molecule has 0 spiro atoms. The number of phenols is 1. The van der Waals surface area contributed by atoms with Gasteiger partial charge in [-0.3, -0.25) is 4.90 Å². The molecule has 7 nitrogen and oxygen atoms in total. The van der Waals surface area contributed by atoms with Gasteiger partial charge in [-0.05, 0) is 36.4 Å². The van der Waals surface area contributed by atoms with Gasteiger partial charge in [-0.1, -0.05) is 0 Å². The summed E-state index contributed by atoms with van der Waals surface area (Å²) in [6.45, 7) is 0. The van der Waals surface area contributed by atoms with Crippen LogP contribution in [-0.4, -0.2) is 34.2 Å². The fourth-order valence-electron chi connectivity index (χ4n) is 1.67. The van der Waals surface area contributed by atoms with E-state index >= 15 is 0 Å². The number of urea groups is 1. The van der Waals surface area contributed by atoms with E-state index in [0.29, 0.717) is 5.69 Å². The lowest BCUT2D eigenvalue weighted by molar-refractivity contribution is 0.0691. The van der Waals surface area contributed by atoms with Crippen molar-refractivity contribution in [2.24, 2.45) is 0 Å². The van der Waals surface area contributed by atoms with E-state index in [4.69, 9.17) is 5.11 Å². The van der Waals surface area contributed by atoms with Gasteiger partial charge in [0, 0.05) is 18.9 Å². The molecule has 0 radical (unpaired) electrons. The molecule has 2 amide bonds. The maximum atomic E-state index is 12.1. The van der Waals surface area contributed by atoms with Crippen molar-refractivity contribution in [1.82, 2.24) is 4.98 Å². The van der Waals surface area contributed by atoms with E-state index in [1.54, 1.807) is 12.1 Å². The van der Waals surface area contributed by atoms with Crippen LogP contribution in [0.5, 0.6) is 5.75 Å². The summed E-state index contributed by atoms with van der Waals surface area (Å²) >= 11 is 0. The van der Waals surface area contributed by atoms with Crippen LogP contribution < -0.4 is 10.2 Å². The number of amides is 2. The average molecular weight is 287 g/mol. The zero-order valence-electron chi connectivity index (χ0n) is 11.1. The fourth-order valence-corrected chi connectivity index (χ4v) is 1.67. The van der Waals surface area contributed by atoms with Crippen molar-refractivity contribution in [2.45, 2.75) is 0 Å². The number of nitrogens with zero attached hydrogens (tertiary/aromatic N) is 2. The number of aromatic carboxylic acids is 1. The number of aromatic nitrogens is 1. The molecule has 0 bridgehead atoms. The molecule has 108 valence electrons. The van der Waals surface area contributed by atoms with E-state index in [9.17, 15) is 14.7 Å². The highest BCUT2D eigenvalue weighted by molar-refractivity contribution is 6.04. The highest BCUT2D eigenvalue weighted by atomic mass is 16.4. The van der Waals surface area contributed by atoms with E-state index < -0.39 is 12.0 Å². The summed E-state index contributed by atoms with van der Waals surface area (Å²) in [6, 6.07) is 8.50. The van der Waals surface area contributed by atoms with Gasteiger partial charge in [0.25, 0.3) is 0 Å². The van der Waals surface area contributed by atoms with E-state index in [2.05, 4.69) is 10.3 Å². The van der Waals surface area contributed by atoms with Crippen molar-refractivity contribution in [3.63, 3.8) is 0 Å². The topological polar surface area (TPSA) is 103 Å². The lowest BCUT2D eigenvalue weighted by Gasteiger charge is -2.18. The van der Waals surface area contributed by atoms with Gasteiger partial charge in [0.05, 0.1) is 5.69 Å². The largest absolute Gasteiger partial charge is 0.508 e. The van der Waals surface area contributed by atoms with Gasteiger partial charge in [0.15, 0.2) is 5.69 Å². The molecule has 0 fully saturated rings. The first-order valence-electron chi connectivity index (χ1n) is 6.01. The van der Waals surface area contributed by atoms with Crippen LogP contribution in [-0.2, 0) is 0 Å². The number of phenolic OH excluding ortho intramolecular Hbond substituents is 1. The van der Waals surface area contributed by atoms with E-state index in [1.807, 2.05) is 0 Å². The summed E-state index contributed by atoms with van der Waals surface area (Å²) in [7, 11) is 1.53. The molecular formula is C14H13N3O4. The monoisotopic (exact) mass is 287 g/mol. The highest BCUT2D eigenvalue weighted by Gasteiger charge is 2.16. The first kappa shape index (κ1) is 14.3. The molecule has 0 aliphatic rings. The lowest BCUT2D eigenvalue weighted by atomic mass is 10.3. The quantitative estimate of drug-likeness (QED) is 0.802. The number of carbonyl (C=O) groups is 2. The molecule has 0 aliphatic carbocycles. The van der Waals surface area contributed by atoms with Crippen LogP contribution in [0, 0.1) is 0 Å². The third-order valence-electron chi connectivity index (χ3n) is 2.79. The Bertz CT molecular complexity index is 670. The van der Waals surface area contributed by atoms with Gasteiger partial charge in [-0.15, -0.1) is 0 Å². The Balaban J connectivity index is 2.18. The molecule has 21 heavy (non-hydrogen) atoms. The molecule has 1 aromatic carbocycles. The number of carboxylic acid groups (broad SMARTS) is 1. The zero-order valence-corrected chi connectivity index (χ0v) is 11.1. The number of hydrogen-bond acceptors (Lipinski definition) is 4. The molecule has 0 aliphatic heterocycles. The molecule has 1 aromatic heterocycles. The van der Waals surface area contributed by atoms with Crippen molar-refractivity contribution < 1.29 is 19.8 Å². The Morgan fingerprint density at radius 2 is 1.86 bits per heavy atom. The van der Waals surface area contributed by atoms with Crippen molar-refractivity contribution in [2.75, 3.05) is 17.3 Å². The smallest absolute Gasteiger partial charge is 0.356 e. The number of hydrogen-bond donors (Lipinski definition) is 3. The number of carboxylic acids is 1. The summed E-state index contributed by atoms with van der Waals surface area (Å²) in [5, 5.41) is 20.7. The zero-order chi connectivity index (χ0) is 15.4. The lowest BCUT2D eigenvalue weighted by Crippen LogP contribution is -2.31. The molecule has 1 heterocycles. The first-order chi connectivity index (χ1) is 9.99. The molecule has 0 unspecified atom stereocenters. The second kappa shape index (κ2) is 5.91. The van der Waals surface area contributed by atoms with Gasteiger partial charge < -0.3 is 15.5 Å². The van der Waals surface area contributed by atoms with Crippen molar-refractivity contribution in [3.05, 3.63) is 48.3 Å². The predicted molar refractivity (Wildman–Crippen MR) is 76.7 cm³/mol. The Labute approximate surface area is 120 Å². The Morgan fingerprint density at radius 1 is 1.19 bits per heavy atom. The average Bonchev–Trinajstić information content (AvgIpc) is 2.47. The van der Waals surface area contributed by atoms with E-state index in [-0.39, 0.29) is 17.1 Å². The maximum Gasteiger partial charge on any atom is 0.356 e. The second-order valence-corrected chi connectivity index (χ2v) is 4.21. The maximum absolute atomic E-state index is 12.1. The van der Waals surface area contributed by atoms with Gasteiger partial charge in [-0.25, -0.2) is 14.6 Å². The third kappa shape index (κ3) is 3.27. The number of pyridine rings is 1. The van der Waals surface area contributed by atoms with Crippen LogP contribution in [0.4, 0.5) is 16.2 Å². The third-order valence-corrected chi connectivity index (χ3v) is 2.79. The number of rotatable bonds is 3. The van der Waals surface area contributed by atoms with Gasteiger partial charge in [0.2, 0.25) is 0 Å². The molecule has 7 heteroatoms. The summed E-state index contributed by atoms with van der Waals surface area (Å²) in [5.41, 5.74) is 0.427. The van der Waals surface area contributed by atoms with E-state index in [0.717, 1.165) is 0 Å². The number of anilines is 2. The number of benzene rings is 1. The van der Waals surface area contributed by atoms with Crippen LogP contribution in [0.3, 0.4) is 0 Å². The summed E-state index contributed by atoms with van der Waals surface area (Å²) in [5.74, 6) is -1.13. The van der Waals surface area contributed by atoms with Crippen molar-refractivity contribution >= 4 is 23.4 Å². The van der Waals surface area contributed by atoms with Crippen LogP contribution >= 0.6 is 0 Å². The van der Waals surface area contributed by atoms with Crippen LogP contribution in [0.15, 0.2) is 42.6 Å². The van der Waals surface area contributed by atoms with Crippen LogP contribution in [0.1, 0.15) is 10.5 Å². The molecule has 3 N–H and O–H groups in total. The second-order valence-electron chi connectivity index (χ2n) is 4.21. The van der Waals surface area contributed by atoms with Crippen molar-refractivity contribution in [3.8, 4) is 5.75 Å². The van der Waals surface area contributed by atoms with Crippen LogP contribution in [0.25, 0.3) is 0 Å². The standard InChI is InChI=1S/C14H13N3O4/c1-17(9-4-6-10(18)7-5-9)14(21)16-11-3-2-8-15-12(11)13(19)20/h2-8,18H,1H3,(H,16,21)(H,19,20). The Morgan fingerprint density at radius 3 is 2.48 bits per heavy atom. The highest BCUT2D eigenvalue weighted by Crippen LogP contribution is 2.19. The summed E-state index contributed by atoms with van der Waals surface area (Å²) in [6.07, 6.45) is 1.34. The van der Waals surface area contributed by atoms with E-state index in [1.165, 1.54) is 42.4 Å². The molecule has 0 atom stereocenters. The Kier molecular flexibility index (Phi) is 4.03. The number of carbonyl (C=O) groups excluding carboxylic acids is 1. The fraction of sp³-hybridized carbons (Fsp3) is 0.0714. The van der Waals surface area contributed by atoms with Gasteiger partial charge in [-0.2, -0.15) is 0 Å². The SMILES string of the molecule is CN(C(=O)Nc1cccnc1C(=O)O)c1ccc(O)cc1. The minimum absolute atomic E-state index is 0.0907. The molecule has 0 saturated carbocycles. The minimum atomic E-state index is -1.22. The summed E-state index contributed by atoms with van der Waals surface area (Å²) in [4.78, 5) is 28.1. The number of nitrogens with one attached hydrogen (secondary N) is 1. The molecule has 2 aromatic rings. The van der Waals surface area contributed by atoms with Gasteiger partial charge in [0.1, 0.15) is 5.75 Å². The van der Waals surface area contributed by atoms with Crippen molar-refractivity contribution in [1.29, 1.82) is 0 Å². The predicted octanol–water partition coefficient (Wildman–Crippen LogP) is 2.15. The normalized spacial score (nSPS) is 9.95. The molecule has 0 saturated heterocycles.